The lowest BCUT2D eigenvalue weighted by atomic mass is 10.2. The van der Waals surface area contributed by atoms with E-state index in [2.05, 4.69) is 25.2 Å². The van der Waals surface area contributed by atoms with E-state index in [1.54, 1.807) is 6.07 Å². The van der Waals surface area contributed by atoms with Crippen molar-refractivity contribution in [2.24, 2.45) is 0 Å². The van der Waals surface area contributed by atoms with Crippen LogP contribution in [0.4, 0.5) is 17.3 Å². The summed E-state index contributed by atoms with van der Waals surface area (Å²) in [4.78, 5) is 12.4. The minimum absolute atomic E-state index is 0.0856. The van der Waals surface area contributed by atoms with Crippen molar-refractivity contribution in [3.05, 3.63) is 52.3 Å². The van der Waals surface area contributed by atoms with Crippen molar-refractivity contribution < 1.29 is 5.11 Å². The van der Waals surface area contributed by atoms with Gasteiger partial charge in [-0.2, -0.15) is 5.10 Å². The molecule has 3 rings (SSSR count). The predicted octanol–water partition coefficient (Wildman–Crippen LogP) is 2.02. The normalized spacial score (nSPS) is 10.8. The van der Waals surface area contributed by atoms with Crippen LogP contribution in [0, 0.1) is 20.4 Å². The predicted molar refractivity (Wildman–Crippen MR) is 95.5 cm³/mol. The largest absolute Gasteiger partial charge is 0.392 e. The summed E-state index contributed by atoms with van der Waals surface area (Å²) in [5, 5.41) is 16.7. The van der Waals surface area contributed by atoms with Gasteiger partial charge in [-0.1, -0.05) is 6.07 Å². The van der Waals surface area contributed by atoms with Gasteiger partial charge in [0, 0.05) is 24.2 Å². The number of aryl methyl sites for hydroxylation is 2. The van der Waals surface area contributed by atoms with E-state index in [-0.39, 0.29) is 18.1 Å². The van der Waals surface area contributed by atoms with E-state index in [9.17, 15) is 0 Å². The van der Waals surface area contributed by atoms with Gasteiger partial charge in [0.05, 0.1) is 24.6 Å². The Morgan fingerprint density at radius 2 is 2.04 bits per heavy atom. The van der Waals surface area contributed by atoms with E-state index in [1.165, 1.54) is 4.52 Å². The molecule has 0 spiro atoms. The maximum atomic E-state index is 9.15. The number of nitrogens with zero attached hydrogens (tertiary/aromatic N) is 5. The standard InChI is InChI=1S/C17H19N7O/c1-10-11(2)23-24-15(18)14(19-3)16(22-17(10)24)20-8-7-12-5-4-6-13(9-25)21-12/h4-6,25H,7-9,18H2,1-2H3,(H,20,22). The lowest BCUT2D eigenvalue weighted by Gasteiger charge is -2.11. The molecule has 8 heteroatoms. The number of aliphatic hydroxyl groups is 1. The molecule has 128 valence electrons. The number of hydrogen-bond donors (Lipinski definition) is 3. The van der Waals surface area contributed by atoms with E-state index >= 15 is 0 Å². The van der Waals surface area contributed by atoms with E-state index in [1.807, 2.05) is 26.0 Å². The molecule has 3 aromatic heterocycles. The van der Waals surface area contributed by atoms with Gasteiger partial charge < -0.3 is 16.2 Å². The van der Waals surface area contributed by atoms with E-state index in [0.29, 0.717) is 30.1 Å². The molecule has 0 radical (unpaired) electrons. The molecule has 0 unspecified atom stereocenters. The lowest BCUT2D eigenvalue weighted by molar-refractivity contribution is 0.276. The van der Waals surface area contributed by atoms with Crippen LogP contribution >= 0.6 is 0 Å². The van der Waals surface area contributed by atoms with Gasteiger partial charge in [-0.15, -0.1) is 0 Å². The first kappa shape index (κ1) is 16.7. The van der Waals surface area contributed by atoms with Crippen LogP contribution in [0.1, 0.15) is 22.6 Å². The third-order valence-electron chi connectivity index (χ3n) is 4.05. The Labute approximate surface area is 145 Å². The molecule has 8 nitrogen and oxygen atoms in total. The zero-order chi connectivity index (χ0) is 18.0. The number of fused-ring (bicyclic) bond motifs is 1. The number of aromatic nitrogens is 4. The van der Waals surface area contributed by atoms with Crippen molar-refractivity contribution in [2.45, 2.75) is 26.9 Å². The average Bonchev–Trinajstić information content (AvgIpc) is 2.91. The molecule has 4 N–H and O–H groups in total. The third kappa shape index (κ3) is 3.09. The minimum atomic E-state index is -0.0856. The fraction of sp³-hybridized carbons (Fsp3) is 0.294. The Bertz CT molecular complexity index is 971. The van der Waals surface area contributed by atoms with Crippen molar-refractivity contribution in [1.29, 1.82) is 0 Å². The third-order valence-corrected chi connectivity index (χ3v) is 4.05. The lowest BCUT2D eigenvalue weighted by Crippen LogP contribution is -2.10. The Balaban J connectivity index is 1.85. The fourth-order valence-corrected chi connectivity index (χ4v) is 2.57. The van der Waals surface area contributed by atoms with Crippen molar-refractivity contribution in [1.82, 2.24) is 19.6 Å². The molecule has 0 amide bonds. The van der Waals surface area contributed by atoms with Crippen LogP contribution < -0.4 is 11.1 Å². The number of pyridine rings is 1. The summed E-state index contributed by atoms with van der Waals surface area (Å²) in [6.07, 6.45) is 0.634. The number of hydrogen-bond acceptors (Lipinski definition) is 6. The molecule has 0 aliphatic rings. The molecule has 0 bridgehead atoms. The number of nitrogens with two attached hydrogens (primary N) is 1. The fourth-order valence-electron chi connectivity index (χ4n) is 2.57. The van der Waals surface area contributed by atoms with Gasteiger partial charge in [0.25, 0.3) is 5.69 Å². The Morgan fingerprint density at radius 3 is 2.76 bits per heavy atom. The average molecular weight is 337 g/mol. The van der Waals surface area contributed by atoms with Gasteiger partial charge >= 0.3 is 0 Å². The second kappa shape index (κ2) is 6.75. The van der Waals surface area contributed by atoms with E-state index in [4.69, 9.17) is 17.4 Å². The van der Waals surface area contributed by atoms with E-state index in [0.717, 1.165) is 17.0 Å². The van der Waals surface area contributed by atoms with Crippen LogP contribution in [0.25, 0.3) is 10.5 Å². The van der Waals surface area contributed by atoms with Crippen LogP contribution in [0.15, 0.2) is 18.2 Å². The highest BCUT2D eigenvalue weighted by atomic mass is 16.3. The summed E-state index contributed by atoms with van der Waals surface area (Å²) >= 11 is 0. The van der Waals surface area contributed by atoms with Crippen molar-refractivity contribution in [3.8, 4) is 0 Å². The van der Waals surface area contributed by atoms with Gasteiger partial charge in [-0.3, -0.25) is 4.98 Å². The smallest absolute Gasteiger partial charge is 0.268 e. The van der Waals surface area contributed by atoms with E-state index < -0.39 is 0 Å². The monoisotopic (exact) mass is 337 g/mol. The van der Waals surface area contributed by atoms with Crippen LogP contribution in [0.5, 0.6) is 0 Å². The molecule has 3 aromatic rings. The summed E-state index contributed by atoms with van der Waals surface area (Å²) in [6, 6.07) is 5.53. The zero-order valence-electron chi connectivity index (χ0n) is 14.1. The van der Waals surface area contributed by atoms with Crippen molar-refractivity contribution in [2.75, 3.05) is 17.6 Å². The zero-order valence-corrected chi connectivity index (χ0v) is 14.1. The molecule has 0 saturated heterocycles. The molecule has 0 aliphatic carbocycles. The summed E-state index contributed by atoms with van der Waals surface area (Å²) in [6.45, 7) is 11.7. The molecule has 0 atom stereocenters. The Hall–Kier alpha value is -3.18. The quantitative estimate of drug-likeness (QED) is 0.615. The van der Waals surface area contributed by atoms with Crippen molar-refractivity contribution in [3.63, 3.8) is 0 Å². The highest BCUT2D eigenvalue weighted by Crippen LogP contribution is 2.32. The Morgan fingerprint density at radius 1 is 1.28 bits per heavy atom. The number of nitrogens with one attached hydrogen (secondary N) is 1. The molecular formula is C17H19N7O. The molecule has 25 heavy (non-hydrogen) atoms. The number of rotatable bonds is 5. The maximum Gasteiger partial charge on any atom is 0.268 e. The second-order valence-corrected chi connectivity index (χ2v) is 5.71. The van der Waals surface area contributed by atoms with Gasteiger partial charge in [-0.25, -0.2) is 14.3 Å². The summed E-state index contributed by atoms with van der Waals surface area (Å²) in [7, 11) is 0. The van der Waals surface area contributed by atoms with Gasteiger partial charge in [0.1, 0.15) is 11.6 Å². The van der Waals surface area contributed by atoms with Crippen LogP contribution in [0.2, 0.25) is 0 Å². The molecule has 3 heterocycles. The summed E-state index contributed by atoms with van der Waals surface area (Å²) in [5.41, 5.74) is 10.3. The SMILES string of the molecule is [C-]#[N+]c1c(NCCc2cccc(CO)n2)nc2c(C)c(C)nn2c1N. The first-order valence-corrected chi connectivity index (χ1v) is 7.87. The number of aliphatic hydroxyl groups excluding tert-OH is 1. The Kier molecular flexibility index (Phi) is 4.50. The number of anilines is 2. The highest BCUT2D eigenvalue weighted by Gasteiger charge is 2.17. The van der Waals surface area contributed by atoms with Crippen LogP contribution in [-0.2, 0) is 13.0 Å². The number of nitrogen functional groups attached to an aromatic ring is 1. The second-order valence-electron chi connectivity index (χ2n) is 5.71. The molecule has 0 aromatic carbocycles. The molecular weight excluding hydrogens is 318 g/mol. The van der Waals surface area contributed by atoms with Gasteiger partial charge in [0.2, 0.25) is 0 Å². The van der Waals surface area contributed by atoms with Crippen molar-refractivity contribution >= 4 is 23.0 Å². The highest BCUT2D eigenvalue weighted by molar-refractivity contribution is 5.80. The summed E-state index contributed by atoms with van der Waals surface area (Å²) in [5.74, 6) is 0.723. The molecule has 0 aliphatic heterocycles. The first-order valence-electron chi connectivity index (χ1n) is 7.87. The molecule has 0 fully saturated rings. The topological polar surface area (TPSA) is 106 Å². The molecule has 0 saturated carbocycles. The first-order chi connectivity index (χ1) is 12.0. The summed E-state index contributed by atoms with van der Waals surface area (Å²) < 4.78 is 1.51. The maximum absolute atomic E-state index is 9.15. The van der Waals surface area contributed by atoms with Crippen LogP contribution in [-0.4, -0.2) is 31.2 Å². The van der Waals surface area contributed by atoms with Gasteiger partial charge in [-0.05, 0) is 26.0 Å². The van der Waals surface area contributed by atoms with Gasteiger partial charge in [0.15, 0.2) is 5.65 Å². The minimum Gasteiger partial charge on any atom is -0.392 e. The van der Waals surface area contributed by atoms with Crippen LogP contribution in [0.3, 0.4) is 0 Å².